The predicted octanol–water partition coefficient (Wildman–Crippen LogP) is 3.53. The second-order valence-corrected chi connectivity index (χ2v) is 5.92. The Morgan fingerprint density at radius 1 is 1.14 bits per heavy atom. The minimum atomic E-state index is 0.176. The second kappa shape index (κ2) is 8.71. The molecule has 0 bridgehead atoms. The molecule has 0 aliphatic carbocycles. The molecular formula is C18H28N2O. The minimum Gasteiger partial charge on any atom is -0.372 e. The number of anilines is 1. The van der Waals surface area contributed by atoms with E-state index in [1.165, 1.54) is 50.0 Å². The summed E-state index contributed by atoms with van der Waals surface area (Å²) in [4.78, 5) is 14.2. The van der Waals surface area contributed by atoms with Gasteiger partial charge in [-0.15, -0.1) is 0 Å². The molecule has 3 heteroatoms. The summed E-state index contributed by atoms with van der Waals surface area (Å²) in [6, 6.07) is 8.72. The van der Waals surface area contributed by atoms with Crippen LogP contribution in [0.5, 0.6) is 0 Å². The number of carbonyl (C=O) groups is 1. The molecule has 1 fully saturated rings. The highest BCUT2D eigenvalue weighted by Crippen LogP contribution is 2.20. The lowest BCUT2D eigenvalue weighted by Gasteiger charge is -2.17. The monoisotopic (exact) mass is 288 g/mol. The Labute approximate surface area is 128 Å². The smallest absolute Gasteiger partial charge is 0.220 e. The summed E-state index contributed by atoms with van der Waals surface area (Å²) in [5, 5.41) is 3.00. The maximum absolute atomic E-state index is 11.7. The maximum atomic E-state index is 11.7. The van der Waals surface area contributed by atoms with Gasteiger partial charge in [0.25, 0.3) is 0 Å². The standard InChI is InChI=1S/C18H28N2O/c1-2-3-4-13-19-18(21)12-9-16-7-10-17(11-8-16)20-14-5-6-15-20/h7-8,10-11H,2-6,9,12-15H2,1H3,(H,19,21). The zero-order valence-electron chi connectivity index (χ0n) is 13.2. The molecule has 2 rings (SSSR count). The Kier molecular flexibility index (Phi) is 6.58. The first-order valence-electron chi connectivity index (χ1n) is 8.40. The van der Waals surface area contributed by atoms with Crippen LogP contribution in [0.1, 0.15) is 51.0 Å². The SMILES string of the molecule is CCCCCNC(=O)CCc1ccc(N2CCCC2)cc1. The summed E-state index contributed by atoms with van der Waals surface area (Å²) >= 11 is 0. The van der Waals surface area contributed by atoms with E-state index in [1.54, 1.807) is 0 Å². The van der Waals surface area contributed by atoms with E-state index in [4.69, 9.17) is 0 Å². The van der Waals surface area contributed by atoms with Gasteiger partial charge in [-0.1, -0.05) is 31.9 Å². The summed E-state index contributed by atoms with van der Waals surface area (Å²) in [6.45, 7) is 5.35. The fourth-order valence-electron chi connectivity index (χ4n) is 2.80. The first-order chi connectivity index (χ1) is 10.3. The molecule has 0 spiro atoms. The van der Waals surface area contributed by atoms with Crippen LogP contribution in [0.15, 0.2) is 24.3 Å². The molecule has 1 saturated heterocycles. The van der Waals surface area contributed by atoms with Crippen molar-refractivity contribution in [3.63, 3.8) is 0 Å². The lowest BCUT2D eigenvalue weighted by molar-refractivity contribution is -0.121. The molecule has 21 heavy (non-hydrogen) atoms. The molecule has 1 heterocycles. The van der Waals surface area contributed by atoms with Crippen LogP contribution in [-0.2, 0) is 11.2 Å². The fourth-order valence-corrected chi connectivity index (χ4v) is 2.80. The Balaban J connectivity index is 1.69. The van der Waals surface area contributed by atoms with Crippen LogP contribution in [0.25, 0.3) is 0 Å². The van der Waals surface area contributed by atoms with E-state index in [0.29, 0.717) is 6.42 Å². The molecule has 116 valence electrons. The summed E-state index contributed by atoms with van der Waals surface area (Å²) < 4.78 is 0. The molecule has 1 N–H and O–H groups in total. The van der Waals surface area contributed by atoms with Crippen molar-refractivity contribution in [1.29, 1.82) is 0 Å². The molecule has 0 unspecified atom stereocenters. The van der Waals surface area contributed by atoms with Crippen LogP contribution in [0.2, 0.25) is 0 Å². The van der Waals surface area contributed by atoms with Crippen LogP contribution in [0.3, 0.4) is 0 Å². The molecular weight excluding hydrogens is 260 g/mol. The number of unbranched alkanes of at least 4 members (excludes halogenated alkanes) is 2. The number of benzene rings is 1. The van der Waals surface area contributed by atoms with Crippen LogP contribution < -0.4 is 10.2 Å². The van der Waals surface area contributed by atoms with Crippen LogP contribution in [-0.4, -0.2) is 25.5 Å². The molecule has 3 nitrogen and oxygen atoms in total. The summed E-state index contributed by atoms with van der Waals surface area (Å²) in [5.74, 6) is 0.176. The zero-order valence-corrected chi connectivity index (χ0v) is 13.2. The summed E-state index contributed by atoms with van der Waals surface area (Å²) in [7, 11) is 0. The lowest BCUT2D eigenvalue weighted by Crippen LogP contribution is -2.24. The van der Waals surface area contributed by atoms with Crippen molar-refractivity contribution in [3.8, 4) is 0 Å². The van der Waals surface area contributed by atoms with Gasteiger partial charge in [-0.2, -0.15) is 0 Å². The topological polar surface area (TPSA) is 32.3 Å². The third kappa shape index (κ3) is 5.41. The Bertz CT molecular complexity index is 421. The molecule has 1 aliphatic rings. The van der Waals surface area contributed by atoms with E-state index in [0.717, 1.165) is 19.4 Å². The molecule has 0 aromatic heterocycles. The third-order valence-corrected chi connectivity index (χ3v) is 4.15. The van der Waals surface area contributed by atoms with Crippen LogP contribution in [0, 0.1) is 0 Å². The zero-order chi connectivity index (χ0) is 14.9. The highest BCUT2D eigenvalue weighted by atomic mass is 16.1. The molecule has 0 saturated carbocycles. The van der Waals surface area contributed by atoms with E-state index in [1.807, 2.05) is 0 Å². The maximum Gasteiger partial charge on any atom is 0.220 e. The number of amides is 1. The van der Waals surface area contributed by atoms with Gasteiger partial charge in [-0.25, -0.2) is 0 Å². The average Bonchev–Trinajstić information content (AvgIpc) is 3.04. The Morgan fingerprint density at radius 3 is 2.52 bits per heavy atom. The largest absolute Gasteiger partial charge is 0.372 e. The third-order valence-electron chi connectivity index (χ3n) is 4.15. The lowest BCUT2D eigenvalue weighted by atomic mass is 10.1. The number of nitrogens with zero attached hydrogens (tertiary/aromatic N) is 1. The predicted molar refractivity (Wildman–Crippen MR) is 88.7 cm³/mol. The minimum absolute atomic E-state index is 0.176. The van der Waals surface area contributed by atoms with Crippen LogP contribution in [0.4, 0.5) is 5.69 Å². The van der Waals surface area contributed by atoms with Crippen molar-refractivity contribution in [3.05, 3.63) is 29.8 Å². The number of carbonyl (C=O) groups excluding carboxylic acids is 1. The van der Waals surface area contributed by atoms with Gasteiger partial charge in [0.15, 0.2) is 0 Å². The van der Waals surface area contributed by atoms with E-state index in [-0.39, 0.29) is 5.91 Å². The quantitative estimate of drug-likeness (QED) is 0.742. The van der Waals surface area contributed by atoms with Gasteiger partial charge in [-0.05, 0) is 43.4 Å². The highest BCUT2D eigenvalue weighted by Gasteiger charge is 2.11. The first kappa shape index (κ1) is 15.9. The van der Waals surface area contributed by atoms with E-state index >= 15 is 0 Å². The second-order valence-electron chi connectivity index (χ2n) is 5.92. The molecule has 1 aliphatic heterocycles. The van der Waals surface area contributed by atoms with Gasteiger partial charge in [0.1, 0.15) is 0 Å². The van der Waals surface area contributed by atoms with E-state index < -0.39 is 0 Å². The van der Waals surface area contributed by atoms with Gasteiger partial charge in [0.05, 0.1) is 0 Å². The van der Waals surface area contributed by atoms with Crippen molar-refractivity contribution in [2.24, 2.45) is 0 Å². The molecule has 1 aromatic carbocycles. The molecule has 0 radical (unpaired) electrons. The Morgan fingerprint density at radius 2 is 1.86 bits per heavy atom. The normalized spacial score (nSPS) is 14.4. The van der Waals surface area contributed by atoms with Gasteiger partial charge in [0, 0.05) is 31.7 Å². The number of aryl methyl sites for hydroxylation is 1. The van der Waals surface area contributed by atoms with Gasteiger partial charge in [0.2, 0.25) is 5.91 Å². The Hall–Kier alpha value is -1.51. The van der Waals surface area contributed by atoms with E-state index in [9.17, 15) is 4.79 Å². The number of hydrogen-bond acceptors (Lipinski definition) is 2. The molecule has 1 amide bonds. The van der Waals surface area contributed by atoms with Crippen molar-refractivity contribution >= 4 is 11.6 Å². The van der Waals surface area contributed by atoms with Gasteiger partial charge < -0.3 is 10.2 Å². The van der Waals surface area contributed by atoms with Crippen molar-refractivity contribution in [2.75, 3.05) is 24.5 Å². The van der Waals surface area contributed by atoms with Crippen molar-refractivity contribution < 1.29 is 4.79 Å². The molecule has 1 aromatic rings. The number of rotatable bonds is 8. The molecule has 0 atom stereocenters. The summed E-state index contributed by atoms with van der Waals surface area (Å²) in [5.41, 5.74) is 2.57. The fraction of sp³-hybridized carbons (Fsp3) is 0.611. The number of hydrogen-bond donors (Lipinski definition) is 1. The van der Waals surface area contributed by atoms with Crippen molar-refractivity contribution in [2.45, 2.75) is 51.9 Å². The first-order valence-corrected chi connectivity index (χ1v) is 8.40. The summed E-state index contributed by atoms with van der Waals surface area (Å²) in [6.07, 6.45) is 7.51. The van der Waals surface area contributed by atoms with Gasteiger partial charge >= 0.3 is 0 Å². The van der Waals surface area contributed by atoms with E-state index in [2.05, 4.69) is 41.4 Å². The van der Waals surface area contributed by atoms with Gasteiger partial charge in [-0.3, -0.25) is 4.79 Å². The highest BCUT2D eigenvalue weighted by molar-refractivity contribution is 5.76. The number of nitrogens with one attached hydrogen (secondary N) is 1. The van der Waals surface area contributed by atoms with Crippen LogP contribution >= 0.6 is 0 Å². The average molecular weight is 288 g/mol. The van der Waals surface area contributed by atoms with Crippen molar-refractivity contribution in [1.82, 2.24) is 5.32 Å².